The zero-order valence-electron chi connectivity index (χ0n) is 74.3. The first-order valence-electron chi connectivity index (χ1n) is 44.0. The number of thiocarbonyl (C=S) groups is 1. The van der Waals surface area contributed by atoms with Crippen molar-refractivity contribution in [3.8, 4) is 11.3 Å². The third-order valence-corrected chi connectivity index (χ3v) is 23.8. The number of allylic oxidation sites excluding steroid dienone is 5. The quantitative estimate of drug-likeness (QED) is 0.00634. The molecule has 9 N–H and O–H groups in total. The third kappa shape index (κ3) is 31.1. The highest BCUT2D eigenvalue weighted by Gasteiger charge is 2.53. The Hall–Kier alpha value is -8.14. The molecule has 1 aliphatic carbocycles. The molecule has 1 saturated carbocycles. The molecule has 3 fully saturated rings. The highest BCUT2D eigenvalue weighted by molar-refractivity contribution is 7.80. The Morgan fingerprint density at radius 1 is 0.704 bits per heavy atom. The van der Waals surface area contributed by atoms with Gasteiger partial charge in [-0.05, 0) is 148 Å². The van der Waals surface area contributed by atoms with Crippen LogP contribution in [0.5, 0.6) is 0 Å². The number of Topliss-reactive ketones (excluding diaryl/α,β-unsaturated/α-hetero) is 2. The maximum absolute atomic E-state index is 14.8. The van der Waals surface area contributed by atoms with Crippen molar-refractivity contribution in [1.29, 1.82) is 0 Å². The van der Waals surface area contributed by atoms with E-state index in [0.29, 0.717) is 216 Å². The summed E-state index contributed by atoms with van der Waals surface area (Å²) >= 11 is 5.62. The van der Waals surface area contributed by atoms with Gasteiger partial charge in [-0.1, -0.05) is 95.3 Å². The molecule has 16 atom stereocenters. The fourth-order valence-electron chi connectivity index (χ4n) is 16.2. The molecule has 2 aromatic carbocycles. The second-order valence-corrected chi connectivity index (χ2v) is 33.4. The number of aliphatic hydroxyl groups is 3. The van der Waals surface area contributed by atoms with Crippen molar-refractivity contribution in [1.82, 2.24) is 40.3 Å². The number of hydrogen-bond donors (Lipinski definition) is 7. The summed E-state index contributed by atoms with van der Waals surface area (Å²) in [6.07, 6.45) is 12.1. The number of amides is 2. The fourth-order valence-corrected chi connectivity index (χ4v) is 16.5. The summed E-state index contributed by atoms with van der Waals surface area (Å²) in [5.74, 6) is -7.51. The van der Waals surface area contributed by atoms with Gasteiger partial charge < -0.3 is 113 Å². The van der Waals surface area contributed by atoms with Gasteiger partial charge in [0, 0.05) is 83.5 Å². The van der Waals surface area contributed by atoms with Crippen LogP contribution in [-0.2, 0) is 103 Å². The molecule has 3 aromatic heterocycles. The maximum atomic E-state index is 14.8. The Balaban J connectivity index is 0.595. The van der Waals surface area contributed by atoms with E-state index in [-0.39, 0.29) is 85.3 Å². The minimum atomic E-state index is -2.46. The molecule has 2 amide bonds. The summed E-state index contributed by atoms with van der Waals surface area (Å²) in [5.41, 5.74) is 18.4. The molecular weight excluding hydrogens is 1630 g/mol. The lowest BCUT2D eigenvalue weighted by Crippen LogP contribution is -2.61. The third-order valence-electron chi connectivity index (χ3n) is 23.6. The predicted molar refractivity (Wildman–Crippen MR) is 471 cm³/mol. The lowest BCUT2D eigenvalue weighted by Gasteiger charge is -2.43. The summed E-state index contributed by atoms with van der Waals surface area (Å²) in [6, 6.07) is 12.3. The minimum absolute atomic E-state index is 0.000304. The average molecular weight is 1770 g/mol. The van der Waals surface area contributed by atoms with E-state index in [4.69, 9.17) is 99.5 Å². The molecule has 34 heteroatoms. The van der Waals surface area contributed by atoms with E-state index < -0.39 is 83.9 Å². The number of fused-ring (bicyclic) bond motifs is 5. The van der Waals surface area contributed by atoms with Gasteiger partial charge in [0.15, 0.2) is 17.0 Å². The number of carbonyl (C=O) groups is 5. The lowest BCUT2D eigenvalue weighted by molar-refractivity contribution is -0.265. The number of benzene rings is 2. The molecule has 6 heterocycles. The number of carbonyl (C=O) groups excluding carboxylic acids is 5. The molecule has 692 valence electrons. The Morgan fingerprint density at radius 3 is 2.00 bits per heavy atom. The van der Waals surface area contributed by atoms with E-state index in [2.05, 4.69) is 25.6 Å². The molecule has 2 saturated heterocycles. The molecular formula is C91H134N10O23S. The molecule has 2 bridgehead atoms. The number of rotatable bonds is 39. The van der Waals surface area contributed by atoms with E-state index >= 15 is 0 Å². The fraction of sp³-hybridized carbons (Fsp3) is 0.648. The van der Waals surface area contributed by atoms with Crippen LogP contribution in [0, 0.1) is 35.5 Å². The van der Waals surface area contributed by atoms with Crippen molar-refractivity contribution >= 4 is 80.7 Å². The first kappa shape index (κ1) is 101. The SMILES string of the molecule is CO[C@H]1C[C@@H]2CC[C@@H](C)[C@@](O)(O2)C(=O)C(=O)N2CCCC[C@H]2C(=O)O[C@H]([C@H](C)C[C@@H]2CC[C@@H](OC(=S)NCCOCCOCCOCCOCCOCCOCCOCCOCCC(=O)NCc3ccc(Cn4nc(-c5ccc6oc(N)nc6c5)c5c(N)ncnc54)cc3)[C@H](OC)C2)C[C@@H](O)[C@H](C)/C=C(\C)[C@@H](O)[C@@H](OC)C(=O)[C@H](C)C[C@H](C)/C=C/C=C/C=C/1C. The van der Waals surface area contributed by atoms with Gasteiger partial charge >= 0.3 is 5.97 Å². The van der Waals surface area contributed by atoms with Crippen LogP contribution in [0.1, 0.15) is 143 Å². The zero-order valence-corrected chi connectivity index (χ0v) is 75.1. The number of esters is 1. The highest BCUT2D eigenvalue weighted by atomic mass is 32.1. The molecule has 3 aliphatic heterocycles. The second-order valence-electron chi connectivity index (χ2n) is 33.0. The van der Waals surface area contributed by atoms with E-state index in [0.717, 1.165) is 28.7 Å². The van der Waals surface area contributed by atoms with Gasteiger partial charge in [-0.25, -0.2) is 19.4 Å². The van der Waals surface area contributed by atoms with E-state index in [9.17, 15) is 39.3 Å². The van der Waals surface area contributed by atoms with Crippen LogP contribution in [0.15, 0.2) is 101 Å². The zero-order chi connectivity index (χ0) is 89.8. The smallest absolute Gasteiger partial charge is 0.329 e. The number of methoxy groups -OCH3 is 3. The summed E-state index contributed by atoms with van der Waals surface area (Å²) in [4.78, 5) is 84.5. The predicted octanol–water partition coefficient (Wildman–Crippen LogP) is 8.87. The van der Waals surface area contributed by atoms with Crippen molar-refractivity contribution in [3.63, 3.8) is 0 Å². The number of piperidine rings is 1. The highest BCUT2D eigenvalue weighted by Crippen LogP contribution is 2.40. The number of nitrogens with zero attached hydrogens (tertiary/aromatic N) is 6. The number of anilines is 2. The Labute approximate surface area is 739 Å². The minimum Gasteiger partial charge on any atom is -0.465 e. The van der Waals surface area contributed by atoms with Gasteiger partial charge in [0.05, 0.1) is 142 Å². The number of nitrogen functional groups attached to an aromatic ring is 2. The first-order chi connectivity index (χ1) is 60.3. The molecule has 0 unspecified atom stereocenters. The van der Waals surface area contributed by atoms with E-state index in [1.54, 1.807) is 51.8 Å². The number of hydrogen-bond acceptors (Lipinski definition) is 30. The number of nitrogens with one attached hydrogen (secondary N) is 2. The number of nitrogens with two attached hydrogens (primary N) is 2. The Kier molecular flexibility index (Phi) is 42.1. The van der Waals surface area contributed by atoms with Gasteiger partial charge in [-0.3, -0.25) is 19.2 Å². The molecule has 9 rings (SSSR count). The van der Waals surface area contributed by atoms with Crippen molar-refractivity contribution in [2.75, 3.05) is 152 Å². The van der Waals surface area contributed by atoms with Crippen LogP contribution in [0.4, 0.5) is 11.8 Å². The van der Waals surface area contributed by atoms with Crippen LogP contribution < -0.4 is 22.1 Å². The summed E-state index contributed by atoms with van der Waals surface area (Å²) in [7, 11) is 4.60. The second kappa shape index (κ2) is 52.4. The first-order valence-corrected chi connectivity index (χ1v) is 44.4. The normalized spacial score (nSPS) is 27.2. The lowest BCUT2D eigenvalue weighted by atomic mass is 9.78. The molecule has 33 nitrogen and oxygen atoms in total. The van der Waals surface area contributed by atoms with Gasteiger partial charge in [-0.15, -0.1) is 0 Å². The van der Waals surface area contributed by atoms with Gasteiger partial charge in [0.2, 0.25) is 11.7 Å². The van der Waals surface area contributed by atoms with E-state index in [1.807, 2.05) is 94.5 Å². The van der Waals surface area contributed by atoms with Crippen LogP contribution in [0.3, 0.4) is 0 Å². The van der Waals surface area contributed by atoms with Crippen LogP contribution in [0.25, 0.3) is 33.4 Å². The molecule has 5 aromatic rings. The van der Waals surface area contributed by atoms with Gasteiger partial charge in [-0.2, -0.15) is 10.1 Å². The standard InChI is InChI=1S/C91H134N10O23S/c1-58-16-12-11-13-17-59(2)75(110-8)53-69-26-19-64(7)91(109,124-69)84(106)87(107)100-31-15-14-18-71(100)88(108)121-76(54-72(102)60(3)49-63(6)82(105)83(112-10)81(104)62(5)48-58)61(4)50-67-24-27-74(77(51-67)111-9)123-90(125)94-30-33-114-35-37-116-39-41-118-43-45-120-47-46-119-44-42-117-40-38-115-36-34-113-32-29-78(103)95-55-65-20-22-66(23-21-65)56-101-86-79(85(92)96-57-97-86)80(99-101)68-25-28-73-70(52-68)98-89(93)122-73/h11-13,16-17,20-23,25,28,49,52,57-58,60-62,64,67,69,71-72,74-77,82-83,102,105,109H,14-15,18-19,24,26-27,29-48,50-51,53-56H2,1-10H3,(H2,93,98)(H,94,125)(H,95,103)(H2,92,96,97)/b13-11+,16-12+,59-17+,63-49+/t58-,60-,61-,62-,64-,67+,69+,71+,72-,74-,75+,76+,77-,82-,83+,91-/m1/s1. The number of ether oxygens (including phenoxy) is 14. The number of oxazole rings is 1. The van der Waals surface area contributed by atoms with Crippen LogP contribution in [0.2, 0.25) is 0 Å². The van der Waals surface area contributed by atoms with Crippen molar-refractivity contribution in [2.45, 2.75) is 206 Å². The summed E-state index contributed by atoms with van der Waals surface area (Å²) < 4.78 is 88.8. The number of aliphatic hydroxyl groups excluding tert-OH is 2. The molecule has 125 heavy (non-hydrogen) atoms. The number of cyclic esters (lactones) is 1. The molecule has 0 spiro atoms. The van der Waals surface area contributed by atoms with E-state index in [1.165, 1.54) is 18.3 Å². The van der Waals surface area contributed by atoms with Crippen molar-refractivity contribution in [3.05, 3.63) is 108 Å². The van der Waals surface area contributed by atoms with Gasteiger partial charge in [0.25, 0.3) is 22.9 Å². The van der Waals surface area contributed by atoms with Crippen LogP contribution in [-0.4, -0.2) is 280 Å². The Morgan fingerprint density at radius 2 is 1.35 bits per heavy atom. The number of ketones is 2. The Bertz CT molecular complexity index is 4320. The largest absolute Gasteiger partial charge is 0.465 e. The average Bonchev–Trinajstić information content (AvgIpc) is 1.71. The van der Waals surface area contributed by atoms with Crippen molar-refractivity contribution < 1.29 is 110 Å². The number of aromatic nitrogens is 5. The monoisotopic (exact) mass is 1770 g/mol. The van der Waals surface area contributed by atoms with Crippen LogP contribution >= 0.6 is 12.2 Å². The maximum Gasteiger partial charge on any atom is 0.329 e. The topological polar surface area (TPSA) is 424 Å². The molecule has 4 aliphatic rings. The van der Waals surface area contributed by atoms with Crippen molar-refractivity contribution in [2.24, 2.45) is 35.5 Å². The summed E-state index contributed by atoms with van der Waals surface area (Å²) in [6.45, 7) is 20.3. The summed E-state index contributed by atoms with van der Waals surface area (Å²) in [5, 5.41) is 47.7. The van der Waals surface area contributed by atoms with Gasteiger partial charge in [0.1, 0.15) is 53.8 Å². The molecule has 0 radical (unpaired) electrons.